The third-order valence-corrected chi connectivity index (χ3v) is 3.86. The predicted octanol–water partition coefficient (Wildman–Crippen LogP) is 4.92. The molecule has 31 heavy (non-hydrogen) atoms. The molecule has 0 rings (SSSR count). The van der Waals surface area contributed by atoms with Gasteiger partial charge in [0, 0.05) is 0 Å². The molecule has 0 spiro atoms. The third kappa shape index (κ3) is 4.46. The van der Waals surface area contributed by atoms with Crippen LogP contribution in [0.15, 0.2) is 0 Å². The van der Waals surface area contributed by atoms with Gasteiger partial charge in [0.15, 0.2) is 0 Å². The molecule has 4 N–H and O–H groups in total. The molecule has 0 saturated carbocycles. The van der Waals surface area contributed by atoms with Crippen LogP contribution in [-0.4, -0.2) is 66.4 Å². The first kappa shape index (κ1) is 31.9. The number of alkyl halides is 17. The van der Waals surface area contributed by atoms with E-state index in [9.17, 15) is 87.6 Å². The Morgan fingerprint density at radius 2 is 0.710 bits per heavy atom. The van der Waals surface area contributed by atoms with Crippen molar-refractivity contribution < 1.29 is 87.6 Å². The molecule has 0 atom stereocenters. The van der Waals surface area contributed by atoms with Crippen LogP contribution in [0.25, 0.3) is 0 Å². The lowest BCUT2D eigenvalue weighted by Gasteiger charge is -2.42. The lowest BCUT2D eigenvalue weighted by atomic mass is 9.89. The fraction of sp³-hybridized carbons (Fsp3) is 1.00. The second kappa shape index (κ2) is 7.63. The molecule has 0 unspecified atom stereocenters. The first-order chi connectivity index (χ1) is 12.5. The molecule has 0 aromatic carbocycles. The Balaban J connectivity index is 0. The summed E-state index contributed by atoms with van der Waals surface area (Å²) in [6.07, 6.45) is -7.87. The van der Waals surface area contributed by atoms with E-state index < -0.39 is 63.5 Å². The zero-order valence-electron chi connectivity index (χ0n) is 13.8. The Bertz CT molecular complexity index is 755. The van der Waals surface area contributed by atoms with Crippen molar-refractivity contribution in [1.29, 1.82) is 0 Å². The minimum atomic E-state index is -8.81. The summed E-state index contributed by atoms with van der Waals surface area (Å²) in [5, 5.41) is 0. The van der Waals surface area contributed by atoms with Crippen molar-refractivity contribution in [2.75, 3.05) is 5.75 Å². The Morgan fingerprint density at radius 3 is 0.935 bits per heavy atom. The highest BCUT2D eigenvalue weighted by Crippen LogP contribution is 2.63. The van der Waals surface area contributed by atoms with Crippen molar-refractivity contribution in [3.8, 4) is 0 Å². The van der Waals surface area contributed by atoms with Gasteiger partial charge in [0.1, 0.15) is 15.9 Å². The molecule has 0 aromatic rings. The third-order valence-electron chi connectivity index (χ3n) is 3.15. The van der Waals surface area contributed by atoms with Gasteiger partial charge in [0.2, 0.25) is 0 Å². The molecule has 190 valence electrons. The first-order valence-corrected chi connectivity index (χ1v) is 7.68. The van der Waals surface area contributed by atoms with Gasteiger partial charge in [-0.2, -0.15) is 74.6 Å². The maximum atomic E-state index is 13.1. The number of halogens is 17. The van der Waals surface area contributed by atoms with Gasteiger partial charge in [-0.15, -0.1) is 0 Å². The molecule has 0 aliphatic carbocycles. The standard InChI is InChI=1S/C9H3F17O3S.H3N/c10-2(11,1-30(27,28)29)3(12,13)4(14,15)5(16,17)6(18,19)7(20,21)8(22,23)9(24,25)26;/h1H2,(H,27,28,29);1H3. The van der Waals surface area contributed by atoms with Crippen molar-refractivity contribution in [1.82, 2.24) is 6.15 Å². The lowest BCUT2D eigenvalue weighted by Crippen LogP contribution is -2.74. The zero-order valence-corrected chi connectivity index (χ0v) is 14.6. The van der Waals surface area contributed by atoms with Gasteiger partial charge in [0.05, 0.1) is 0 Å². The summed E-state index contributed by atoms with van der Waals surface area (Å²) in [4.78, 5) is 0. The largest absolute Gasteiger partial charge is 0.748 e. The van der Waals surface area contributed by atoms with Crippen LogP contribution in [0, 0.1) is 0 Å². The maximum absolute atomic E-state index is 13.1. The summed E-state index contributed by atoms with van der Waals surface area (Å²) >= 11 is 0. The van der Waals surface area contributed by atoms with E-state index in [2.05, 4.69) is 0 Å². The summed E-state index contributed by atoms with van der Waals surface area (Å²) in [5.74, 6) is -62.6. The Kier molecular flexibility index (Phi) is 7.84. The van der Waals surface area contributed by atoms with E-state index >= 15 is 0 Å². The topological polar surface area (TPSA) is 93.7 Å². The van der Waals surface area contributed by atoms with E-state index in [4.69, 9.17) is 0 Å². The van der Waals surface area contributed by atoms with Crippen LogP contribution in [0.1, 0.15) is 0 Å². The fourth-order valence-corrected chi connectivity index (χ4v) is 2.13. The van der Waals surface area contributed by atoms with Gasteiger partial charge in [-0.1, -0.05) is 0 Å². The van der Waals surface area contributed by atoms with E-state index in [1.807, 2.05) is 0 Å². The van der Waals surface area contributed by atoms with Gasteiger partial charge in [-0.3, -0.25) is 0 Å². The quantitative estimate of drug-likeness (QED) is 0.356. The molecule has 0 aromatic heterocycles. The average molecular weight is 531 g/mol. The summed E-state index contributed by atoms with van der Waals surface area (Å²) in [6, 6.07) is 0. The Morgan fingerprint density at radius 1 is 0.484 bits per heavy atom. The van der Waals surface area contributed by atoms with E-state index in [1.54, 1.807) is 0 Å². The van der Waals surface area contributed by atoms with Gasteiger partial charge in [0.25, 0.3) is 0 Å². The first-order valence-electron chi connectivity index (χ1n) is 6.10. The minimum Gasteiger partial charge on any atom is -0.748 e. The zero-order chi connectivity index (χ0) is 25.2. The second-order valence-corrected chi connectivity index (χ2v) is 6.75. The van der Waals surface area contributed by atoms with Crippen LogP contribution in [0.5, 0.6) is 0 Å². The second-order valence-electron chi connectivity index (χ2n) is 5.35. The average Bonchev–Trinajstić information content (AvgIpc) is 2.41. The molecule has 0 heterocycles. The molecule has 0 radical (unpaired) electrons. The number of hydrogen-bond acceptors (Lipinski definition) is 3. The van der Waals surface area contributed by atoms with Crippen molar-refractivity contribution in [3.63, 3.8) is 0 Å². The van der Waals surface area contributed by atoms with Crippen LogP contribution in [-0.2, 0) is 10.1 Å². The SMILES string of the molecule is O=S(=O)([O-])CC(F)(F)C(F)(F)C(F)(F)C(F)(F)C(F)(F)C(F)(F)C(F)(F)C(F)(F)F.[NH4+]. The van der Waals surface area contributed by atoms with Crippen LogP contribution >= 0.6 is 0 Å². The van der Waals surface area contributed by atoms with E-state index in [1.165, 1.54) is 0 Å². The van der Waals surface area contributed by atoms with Crippen LogP contribution in [0.2, 0.25) is 0 Å². The van der Waals surface area contributed by atoms with Crippen LogP contribution in [0.4, 0.5) is 74.6 Å². The van der Waals surface area contributed by atoms with Crippen LogP contribution < -0.4 is 6.15 Å². The van der Waals surface area contributed by atoms with Gasteiger partial charge < -0.3 is 10.7 Å². The summed E-state index contributed by atoms with van der Waals surface area (Å²) < 4.78 is 247. The molecule has 0 fully saturated rings. The molecule has 0 amide bonds. The molecule has 0 aliphatic rings. The fourth-order valence-electron chi connectivity index (χ4n) is 1.51. The van der Waals surface area contributed by atoms with Crippen molar-refractivity contribution >= 4 is 10.1 Å². The normalized spacial score (nSPS) is 16.2. The highest BCUT2D eigenvalue weighted by molar-refractivity contribution is 7.85. The van der Waals surface area contributed by atoms with E-state index in [-0.39, 0.29) is 6.15 Å². The molecule has 0 aliphatic heterocycles. The number of rotatable bonds is 8. The van der Waals surface area contributed by atoms with Crippen LogP contribution in [0.3, 0.4) is 0 Å². The highest BCUT2D eigenvalue weighted by atomic mass is 32.2. The molecule has 0 bridgehead atoms. The summed E-state index contributed by atoms with van der Waals surface area (Å²) in [5.41, 5.74) is 0. The Labute approximate surface area is 158 Å². The monoisotopic (exact) mass is 531 g/mol. The predicted molar refractivity (Wildman–Crippen MR) is 61.2 cm³/mol. The molecule has 0 saturated heterocycles. The summed E-state index contributed by atoms with van der Waals surface area (Å²) in [7, 11) is -6.74. The number of quaternary nitrogens is 1. The van der Waals surface area contributed by atoms with Gasteiger partial charge >= 0.3 is 47.6 Å². The minimum absolute atomic E-state index is 0. The molecular weight excluding hydrogens is 525 g/mol. The van der Waals surface area contributed by atoms with Gasteiger partial charge in [-0.05, 0) is 0 Å². The molecule has 22 heteroatoms. The van der Waals surface area contributed by atoms with Crippen molar-refractivity contribution in [2.45, 2.75) is 47.6 Å². The maximum Gasteiger partial charge on any atom is 0.460 e. The molecular formula is C9H6F17NO3S. The van der Waals surface area contributed by atoms with E-state index in [0.717, 1.165) is 0 Å². The van der Waals surface area contributed by atoms with Crippen molar-refractivity contribution in [3.05, 3.63) is 0 Å². The summed E-state index contributed by atoms with van der Waals surface area (Å²) in [6.45, 7) is 0. The lowest BCUT2D eigenvalue weighted by molar-refractivity contribution is -0.460. The molecule has 4 nitrogen and oxygen atoms in total. The van der Waals surface area contributed by atoms with Crippen molar-refractivity contribution in [2.24, 2.45) is 0 Å². The van der Waals surface area contributed by atoms with Gasteiger partial charge in [-0.25, -0.2) is 8.42 Å². The van der Waals surface area contributed by atoms with E-state index in [0.29, 0.717) is 0 Å². The number of hydrogen-bond donors (Lipinski definition) is 1. The smallest absolute Gasteiger partial charge is 0.460 e. The highest BCUT2D eigenvalue weighted by Gasteiger charge is 2.95. The Hall–Kier alpha value is -1.32.